The third kappa shape index (κ3) is 4.70. The number of nitrogens with one attached hydrogen (secondary N) is 1. The van der Waals surface area contributed by atoms with Crippen molar-refractivity contribution in [2.24, 2.45) is 0 Å². The highest BCUT2D eigenvalue weighted by Crippen LogP contribution is 2.50. The van der Waals surface area contributed by atoms with Crippen LogP contribution < -0.4 is 5.09 Å². The summed E-state index contributed by atoms with van der Waals surface area (Å²) < 4.78 is 124. The first kappa shape index (κ1) is 25.6. The van der Waals surface area contributed by atoms with Gasteiger partial charge in [-0.15, -0.1) is 0 Å². The summed E-state index contributed by atoms with van der Waals surface area (Å²) in [5.41, 5.74) is -16.0. The molecule has 0 heterocycles. The fourth-order valence-corrected chi connectivity index (χ4v) is 7.18. The Balaban J connectivity index is 7.30. The Morgan fingerprint density at radius 2 is 1.27 bits per heavy atom. The highest BCUT2D eigenvalue weighted by Gasteiger charge is 2.68. The van der Waals surface area contributed by atoms with E-state index in [-0.39, 0.29) is 0 Å². The van der Waals surface area contributed by atoms with Crippen molar-refractivity contribution in [1.29, 1.82) is 0 Å². The smallest absolute Gasteiger partial charge is 0.202 e. The van der Waals surface area contributed by atoms with Gasteiger partial charge in [-0.25, -0.2) is 16.8 Å². The van der Waals surface area contributed by atoms with E-state index in [2.05, 4.69) is 11.7 Å². The van der Waals surface area contributed by atoms with Gasteiger partial charge in [0.1, 0.15) is 0 Å². The summed E-state index contributed by atoms with van der Waals surface area (Å²) in [6.07, 6.45) is -0.760. The lowest BCUT2D eigenvalue weighted by atomic mass is 10.0. The highest BCUT2D eigenvalue weighted by atomic mass is 32.3. The molecule has 0 spiro atoms. The van der Waals surface area contributed by atoms with E-state index in [0.717, 1.165) is 13.8 Å². The lowest BCUT2D eigenvalue weighted by Gasteiger charge is -2.43. The van der Waals surface area contributed by atoms with E-state index in [4.69, 9.17) is 0 Å². The molecule has 1 N–H and O–H groups in total. The van der Waals surface area contributed by atoms with Crippen LogP contribution in [0.25, 0.3) is 0 Å². The van der Waals surface area contributed by atoms with Gasteiger partial charge in [0.25, 0.3) is 0 Å². The van der Waals surface area contributed by atoms with Crippen molar-refractivity contribution >= 4 is 27.5 Å². The summed E-state index contributed by atoms with van der Waals surface area (Å²) >= 11 is 0. The zero-order valence-corrected chi connectivity index (χ0v) is 17.1. The van der Waals surface area contributed by atoms with E-state index >= 15 is 0 Å². The fourth-order valence-electron chi connectivity index (χ4n) is 2.08. The van der Waals surface area contributed by atoms with Crippen LogP contribution in [-0.4, -0.2) is 57.2 Å². The number of rotatable bonds is 7. The van der Waals surface area contributed by atoms with Crippen molar-refractivity contribution in [2.45, 2.75) is 36.9 Å². The lowest BCUT2D eigenvalue weighted by Crippen LogP contribution is -2.66. The maximum absolute atomic E-state index is 13.1. The Hall–Kier alpha value is -0.430. The minimum atomic E-state index is -6.95. The maximum Gasteiger partial charge on any atom is 0.512 e. The molecule has 0 radical (unpaired) electrons. The number of alkyl halides is 6. The first-order valence-electron chi connectivity index (χ1n) is 6.78. The molecule has 0 bridgehead atoms. The molecule has 1 atom stereocenters. The molecule has 0 saturated heterocycles. The molecule has 0 aliphatic carbocycles. The molecule has 0 aliphatic rings. The monoisotopic (exact) mass is 453 g/mol. The van der Waals surface area contributed by atoms with E-state index in [1.54, 1.807) is 0 Å². The van der Waals surface area contributed by atoms with Gasteiger partial charge in [0, 0.05) is 0 Å². The molecule has 0 amide bonds. The maximum atomic E-state index is 13.1. The van der Waals surface area contributed by atoms with E-state index in [1.165, 1.54) is 20.0 Å². The SMILES string of the molecule is C=C(C)C(CC)(N[P+](C)(C)C)N(S(=O)(=O)C(F)(F)F)S(=O)(=O)C(F)(F)F. The fraction of sp³-hybridized carbons (Fsp3) is 0.818. The third-order valence-corrected chi connectivity index (χ3v) is 7.96. The molecule has 1 unspecified atom stereocenters. The molecule has 26 heavy (non-hydrogen) atoms. The Labute approximate surface area is 149 Å². The van der Waals surface area contributed by atoms with Crippen LogP contribution in [0.15, 0.2) is 12.2 Å². The van der Waals surface area contributed by atoms with Crippen molar-refractivity contribution in [2.75, 3.05) is 20.0 Å². The van der Waals surface area contributed by atoms with Crippen LogP contribution in [0.2, 0.25) is 0 Å². The van der Waals surface area contributed by atoms with Gasteiger partial charge in [-0.2, -0.15) is 31.4 Å². The molecule has 0 aromatic rings. The minimum Gasteiger partial charge on any atom is -0.202 e. The van der Waals surface area contributed by atoms with Crippen molar-refractivity contribution in [3.8, 4) is 0 Å². The number of hydrogen-bond acceptors (Lipinski definition) is 5. The van der Waals surface area contributed by atoms with Crippen LogP contribution in [0.3, 0.4) is 0 Å². The standard InChI is InChI=1S/C11H20F6N2O4PS2/c1-7-9(8(2)3,18-24(4,5)6)19(25(20,21)10(12,13)14)26(22,23)11(15,16)17/h18H,2,7H2,1,3-6H3/q+1. The van der Waals surface area contributed by atoms with Gasteiger partial charge in [0.15, 0.2) is 5.66 Å². The average molecular weight is 453 g/mol. The van der Waals surface area contributed by atoms with Gasteiger partial charge in [0.05, 0.1) is 27.4 Å². The van der Waals surface area contributed by atoms with Gasteiger partial charge in [-0.3, -0.25) is 0 Å². The second kappa shape index (κ2) is 7.19. The summed E-state index contributed by atoms with van der Waals surface area (Å²) in [6, 6.07) is 0. The van der Waals surface area contributed by atoms with Gasteiger partial charge in [-0.05, 0) is 18.9 Å². The molecule has 156 valence electrons. The first-order chi connectivity index (χ1) is 11.1. The second-order valence-corrected chi connectivity index (χ2v) is 14.3. The minimum absolute atomic E-state index is 0.546. The van der Waals surface area contributed by atoms with Crippen LogP contribution in [0, 0.1) is 0 Å². The Kier molecular flexibility index (Phi) is 7.07. The molecule has 0 saturated carbocycles. The lowest BCUT2D eigenvalue weighted by molar-refractivity contribution is -0.0566. The number of hydrogen-bond donors (Lipinski definition) is 1. The third-order valence-electron chi connectivity index (χ3n) is 3.07. The summed E-state index contributed by atoms with van der Waals surface area (Å²) in [4.78, 5) is 0. The van der Waals surface area contributed by atoms with Crippen LogP contribution in [0.1, 0.15) is 20.3 Å². The summed E-state index contributed by atoms with van der Waals surface area (Å²) in [5.74, 6) is 0. The number of sulfonamides is 2. The molecule has 0 aromatic heterocycles. The predicted octanol–water partition coefficient (Wildman–Crippen LogP) is 3.08. The normalized spacial score (nSPS) is 17.2. The highest BCUT2D eigenvalue weighted by molar-refractivity contribution is 8.04. The van der Waals surface area contributed by atoms with Crippen molar-refractivity contribution in [3.63, 3.8) is 0 Å². The number of nitrogens with zero attached hydrogens (tertiary/aromatic N) is 1. The Morgan fingerprint density at radius 1 is 0.962 bits per heavy atom. The van der Waals surface area contributed by atoms with Crippen molar-refractivity contribution in [1.82, 2.24) is 8.80 Å². The van der Waals surface area contributed by atoms with E-state index < -0.39 is 59.8 Å². The molecule has 15 heteroatoms. The number of halogens is 6. The molecular weight excluding hydrogens is 433 g/mol. The van der Waals surface area contributed by atoms with Crippen molar-refractivity contribution in [3.05, 3.63) is 12.2 Å². The molecule has 0 rings (SSSR count). The zero-order valence-electron chi connectivity index (χ0n) is 14.5. The summed E-state index contributed by atoms with van der Waals surface area (Å²) in [5, 5.41) is 2.35. The van der Waals surface area contributed by atoms with Gasteiger partial charge in [0.2, 0.25) is 0 Å². The molecule has 6 nitrogen and oxygen atoms in total. The summed E-state index contributed by atoms with van der Waals surface area (Å²) in [6.45, 7) is 9.48. The summed E-state index contributed by atoms with van der Waals surface area (Å²) in [7, 11) is -16.4. The van der Waals surface area contributed by atoms with Crippen LogP contribution in [0.5, 0.6) is 0 Å². The topological polar surface area (TPSA) is 83.6 Å². The van der Waals surface area contributed by atoms with Gasteiger partial charge < -0.3 is 0 Å². The van der Waals surface area contributed by atoms with Crippen LogP contribution >= 0.6 is 7.41 Å². The predicted molar refractivity (Wildman–Crippen MR) is 87.5 cm³/mol. The Bertz CT molecular complexity index is 711. The average Bonchev–Trinajstić information content (AvgIpc) is 2.32. The van der Waals surface area contributed by atoms with E-state index in [9.17, 15) is 43.2 Å². The molecule has 0 fully saturated rings. The molecule has 0 aliphatic heterocycles. The van der Waals surface area contributed by atoms with E-state index in [0.29, 0.717) is 0 Å². The zero-order chi connectivity index (χ0) is 21.6. The van der Waals surface area contributed by atoms with Gasteiger partial charge >= 0.3 is 31.1 Å². The van der Waals surface area contributed by atoms with Crippen LogP contribution in [-0.2, 0) is 20.0 Å². The molecule has 0 aromatic carbocycles. The Morgan fingerprint density at radius 3 is 1.42 bits per heavy atom. The largest absolute Gasteiger partial charge is 0.512 e. The second-order valence-electron chi connectivity index (χ2n) is 6.22. The van der Waals surface area contributed by atoms with Gasteiger partial charge in [-0.1, -0.05) is 17.2 Å². The quantitative estimate of drug-likeness (QED) is 0.277. The molecular formula is C11H20F6N2O4PS2+. The van der Waals surface area contributed by atoms with Crippen LogP contribution in [0.4, 0.5) is 26.3 Å². The first-order valence-corrected chi connectivity index (χ1v) is 12.8. The van der Waals surface area contributed by atoms with Crippen molar-refractivity contribution < 1.29 is 43.2 Å². The van der Waals surface area contributed by atoms with E-state index in [1.807, 2.05) is 0 Å².